The number of halogens is 1. The fourth-order valence-electron chi connectivity index (χ4n) is 2.57. The highest BCUT2D eigenvalue weighted by Crippen LogP contribution is 2.35. The van der Waals surface area contributed by atoms with Crippen LogP contribution < -0.4 is 9.47 Å². The van der Waals surface area contributed by atoms with Gasteiger partial charge in [-0.25, -0.2) is 0 Å². The third-order valence-electron chi connectivity index (χ3n) is 4.16. The molecule has 2 aromatic carbocycles. The Hall–Kier alpha value is -1.23. The molecule has 0 bridgehead atoms. The third-order valence-corrected chi connectivity index (χ3v) is 5.01. The molecule has 0 N–H and O–H groups in total. The molecule has 0 unspecified atom stereocenters. The highest BCUT2D eigenvalue weighted by molar-refractivity contribution is 14.1. The average Bonchev–Trinajstić information content (AvgIpc) is 2.59. The molecule has 0 heterocycles. The monoisotopic (exact) mass is 438 g/mol. The van der Waals surface area contributed by atoms with Crippen molar-refractivity contribution in [2.45, 2.75) is 46.0 Å². The first-order valence-corrected chi connectivity index (χ1v) is 9.73. The molecule has 3 heteroatoms. The molecular formula is C21H27IO2. The van der Waals surface area contributed by atoms with E-state index in [1.54, 1.807) is 0 Å². The molecule has 0 spiro atoms. The summed E-state index contributed by atoms with van der Waals surface area (Å²) in [6, 6.07) is 15.0. The van der Waals surface area contributed by atoms with Gasteiger partial charge in [0, 0.05) is 5.41 Å². The van der Waals surface area contributed by atoms with Gasteiger partial charge in [0.05, 0.1) is 16.8 Å². The van der Waals surface area contributed by atoms with Gasteiger partial charge in [-0.3, -0.25) is 0 Å². The molecule has 130 valence electrons. The molecule has 0 radical (unpaired) electrons. The Labute approximate surface area is 159 Å². The summed E-state index contributed by atoms with van der Waals surface area (Å²) in [4.78, 5) is 0. The van der Waals surface area contributed by atoms with E-state index in [4.69, 9.17) is 9.47 Å². The van der Waals surface area contributed by atoms with E-state index in [0.29, 0.717) is 0 Å². The molecule has 0 aliphatic carbocycles. The SMILES string of the molecule is CCCOc1ccc(C(C)(C)c2ccc(OCCC)c(I)c2)cc1. The van der Waals surface area contributed by atoms with Crippen LogP contribution in [0.4, 0.5) is 0 Å². The molecule has 2 nitrogen and oxygen atoms in total. The van der Waals surface area contributed by atoms with E-state index in [9.17, 15) is 0 Å². The minimum atomic E-state index is -0.0630. The highest BCUT2D eigenvalue weighted by atomic mass is 127. The lowest BCUT2D eigenvalue weighted by atomic mass is 9.78. The Balaban J connectivity index is 2.21. The molecule has 2 rings (SSSR count). The van der Waals surface area contributed by atoms with Crippen molar-refractivity contribution in [3.63, 3.8) is 0 Å². The van der Waals surface area contributed by atoms with Crippen molar-refractivity contribution in [1.82, 2.24) is 0 Å². The number of rotatable bonds is 8. The number of ether oxygens (including phenoxy) is 2. The van der Waals surface area contributed by atoms with Crippen molar-refractivity contribution in [3.05, 3.63) is 57.2 Å². The number of benzene rings is 2. The fraction of sp³-hybridized carbons (Fsp3) is 0.429. The van der Waals surface area contributed by atoms with Crippen molar-refractivity contribution in [1.29, 1.82) is 0 Å². The molecule has 0 aromatic heterocycles. The first-order chi connectivity index (χ1) is 11.5. The minimum absolute atomic E-state index is 0.0630. The Morgan fingerprint density at radius 1 is 0.833 bits per heavy atom. The summed E-state index contributed by atoms with van der Waals surface area (Å²) >= 11 is 2.36. The van der Waals surface area contributed by atoms with Crippen LogP contribution in [0.25, 0.3) is 0 Å². The maximum absolute atomic E-state index is 5.79. The molecule has 0 aliphatic heterocycles. The Morgan fingerprint density at radius 2 is 1.42 bits per heavy atom. The molecule has 24 heavy (non-hydrogen) atoms. The Morgan fingerprint density at radius 3 is 2.00 bits per heavy atom. The fourth-order valence-corrected chi connectivity index (χ4v) is 3.24. The second-order valence-electron chi connectivity index (χ2n) is 6.49. The number of hydrogen-bond donors (Lipinski definition) is 0. The van der Waals surface area contributed by atoms with Crippen LogP contribution >= 0.6 is 22.6 Å². The Bertz CT molecular complexity index is 647. The van der Waals surface area contributed by atoms with E-state index in [1.807, 2.05) is 0 Å². The van der Waals surface area contributed by atoms with Crippen molar-refractivity contribution in [2.24, 2.45) is 0 Å². The largest absolute Gasteiger partial charge is 0.494 e. The van der Waals surface area contributed by atoms with Crippen molar-refractivity contribution in [2.75, 3.05) is 13.2 Å². The van der Waals surface area contributed by atoms with E-state index < -0.39 is 0 Å². The minimum Gasteiger partial charge on any atom is -0.494 e. The van der Waals surface area contributed by atoms with Crippen molar-refractivity contribution >= 4 is 22.6 Å². The molecule has 0 aliphatic rings. The topological polar surface area (TPSA) is 18.5 Å². The molecule has 0 atom stereocenters. The first-order valence-electron chi connectivity index (χ1n) is 8.65. The highest BCUT2D eigenvalue weighted by Gasteiger charge is 2.24. The molecule has 0 saturated heterocycles. The average molecular weight is 438 g/mol. The van der Waals surface area contributed by atoms with Crippen molar-refractivity contribution < 1.29 is 9.47 Å². The van der Waals surface area contributed by atoms with Crippen LogP contribution in [0, 0.1) is 3.57 Å². The predicted molar refractivity (Wildman–Crippen MR) is 109 cm³/mol. The van der Waals surface area contributed by atoms with E-state index in [1.165, 1.54) is 11.1 Å². The molecule has 0 saturated carbocycles. The maximum atomic E-state index is 5.79. The summed E-state index contributed by atoms with van der Waals surface area (Å²) in [6.07, 6.45) is 2.05. The van der Waals surface area contributed by atoms with Gasteiger partial charge in [0.1, 0.15) is 11.5 Å². The van der Waals surface area contributed by atoms with Crippen LogP contribution in [-0.2, 0) is 5.41 Å². The summed E-state index contributed by atoms with van der Waals surface area (Å²) in [5.41, 5.74) is 2.51. The van der Waals surface area contributed by atoms with Gasteiger partial charge < -0.3 is 9.47 Å². The van der Waals surface area contributed by atoms with E-state index in [-0.39, 0.29) is 5.41 Å². The van der Waals surface area contributed by atoms with Gasteiger partial charge in [0.25, 0.3) is 0 Å². The summed E-state index contributed by atoms with van der Waals surface area (Å²) < 4.78 is 12.6. The van der Waals surface area contributed by atoms with Gasteiger partial charge in [0.2, 0.25) is 0 Å². The van der Waals surface area contributed by atoms with Crippen molar-refractivity contribution in [3.8, 4) is 11.5 Å². The van der Waals surface area contributed by atoms with Gasteiger partial charge >= 0.3 is 0 Å². The third kappa shape index (κ3) is 4.65. The maximum Gasteiger partial charge on any atom is 0.132 e. The summed E-state index contributed by atoms with van der Waals surface area (Å²) in [7, 11) is 0. The van der Waals surface area contributed by atoms with Gasteiger partial charge in [-0.1, -0.05) is 45.9 Å². The summed E-state index contributed by atoms with van der Waals surface area (Å²) in [6.45, 7) is 10.3. The van der Waals surface area contributed by atoms with Crippen LogP contribution in [0.1, 0.15) is 51.7 Å². The zero-order chi connectivity index (χ0) is 17.6. The van der Waals surface area contributed by atoms with E-state index in [2.05, 4.69) is 92.8 Å². The van der Waals surface area contributed by atoms with Gasteiger partial charge in [0.15, 0.2) is 0 Å². The molecular weight excluding hydrogens is 411 g/mol. The molecule has 2 aromatic rings. The quantitative estimate of drug-likeness (QED) is 0.458. The van der Waals surface area contributed by atoms with Crippen LogP contribution in [0.5, 0.6) is 11.5 Å². The Kier molecular flexibility index (Phi) is 6.96. The lowest BCUT2D eigenvalue weighted by molar-refractivity contribution is 0.315. The predicted octanol–water partition coefficient (Wildman–Crippen LogP) is 6.19. The summed E-state index contributed by atoms with van der Waals surface area (Å²) in [5, 5.41) is 0. The standard InChI is InChI=1S/C21H27IO2/c1-5-13-23-18-10-7-16(8-11-18)21(3,4)17-9-12-20(19(22)15-17)24-14-6-2/h7-12,15H,5-6,13-14H2,1-4H3. The van der Waals surface area contributed by atoms with Gasteiger partial charge in [-0.05, 0) is 70.8 Å². The van der Waals surface area contributed by atoms with E-state index in [0.717, 1.165) is 41.1 Å². The van der Waals surface area contributed by atoms with Crippen LogP contribution in [-0.4, -0.2) is 13.2 Å². The smallest absolute Gasteiger partial charge is 0.132 e. The van der Waals surface area contributed by atoms with Crippen LogP contribution in [0.3, 0.4) is 0 Å². The first kappa shape index (κ1) is 19.1. The van der Waals surface area contributed by atoms with Gasteiger partial charge in [-0.2, -0.15) is 0 Å². The lowest BCUT2D eigenvalue weighted by Gasteiger charge is -2.27. The normalized spacial score (nSPS) is 11.4. The summed E-state index contributed by atoms with van der Waals surface area (Å²) in [5.74, 6) is 1.91. The second kappa shape index (κ2) is 8.75. The lowest BCUT2D eigenvalue weighted by Crippen LogP contribution is -2.19. The zero-order valence-corrected chi connectivity index (χ0v) is 17.2. The van der Waals surface area contributed by atoms with E-state index >= 15 is 0 Å². The molecule has 0 fully saturated rings. The van der Waals surface area contributed by atoms with Crippen LogP contribution in [0.15, 0.2) is 42.5 Å². The zero-order valence-electron chi connectivity index (χ0n) is 15.1. The van der Waals surface area contributed by atoms with Gasteiger partial charge in [-0.15, -0.1) is 0 Å². The molecule has 0 amide bonds. The second-order valence-corrected chi connectivity index (χ2v) is 7.65. The van der Waals surface area contributed by atoms with Crippen LogP contribution in [0.2, 0.25) is 0 Å². The number of hydrogen-bond acceptors (Lipinski definition) is 2.